The predicted molar refractivity (Wildman–Crippen MR) is 65.4 cm³/mol. The van der Waals surface area contributed by atoms with Crippen molar-refractivity contribution in [2.24, 2.45) is 0 Å². The highest BCUT2D eigenvalue weighted by Crippen LogP contribution is 2.29. The van der Waals surface area contributed by atoms with Gasteiger partial charge in [-0.1, -0.05) is 19.1 Å². The van der Waals surface area contributed by atoms with Gasteiger partial charge in [-0.05, 0) is 61.9 Å². The molecule has 0 aliphatic carbocycles. The molecule has 1 aromatic carbocycles. The molecule has 0 amide bonds. The van der Waals surface area contributed by atoms with Crippen LogP contribution in [0.2, 0.25) is 0 Å². The summed E-state index contributed by atoms with van der Waals surface area (Å²) in [7, 11) is 0. The van der Waals surface area contributed by atoms with Gasteiger partial charge in [-0.2, -0.15) is 0 Å². The summed E-state index contributed by atoms with van der Waals surface area (Å²) < 4.78 is 0. The largest absolute Gasteiger partial charge is 0.508 e. The van der Waals surface area contributed by atoms with Crippen LogP contribution in [0.25, 0.3) is 0 Å². The fourth-order valence-corrected chi connectivity index (χ4v) is 2.19. The molecule has 0 bridgehead atoms. The van der Waals surface area contributed by atoms with Gasteiger partial charge in [-0.25, -0.2) is 0 Å². The van der Waals surface area contributed by atoms with Gasteiger partial charge in [0.2, 0.25) is 0 Å². The fraction of sp³-hybridized carbons (Fsp3) is 0.429. The van der Waals surface area contributed by atoms with Crippen LogP contribution in [0, 0.1) is 13.8 Å². The number of rotatable bonds is 3. The van der Waals surface area contributed by atoms with Gasteiger partial charge in [0.05, 0.1) is 0 Å². The number of aryl methyl sites for hydroxylation is 2. The summed E-state index contributed by atoms with van der Waals surface area (Å²) in [5.41, 5.74) is 3.74. The first-order valence-corrected chi connectivity index (χ1v) is 5.47. The van der Waals surface area contributed by atoms with E-state index < -0.39 is 0 Å². The molecule has 1 N–H and O–H groups in total. The molecule has 1 rings (SSSR count). The van der Waals surface area contributed by atoms with Crippen LogP contribution in [0.5, 0.6) is 5.75 Å². The van der Waals surface area contributed by atoms with E-state index in [9.17, 15) is 5.11 Å². The minimum absolute atomic E-state index is 0.368. The van der Waals surface area contributed by atoms with Crippen molar-refractivity contribution in [3.05, 3.63) is 41.0 Å². The molecule has 1 atom stereocenters. The number of hydrogen-bond donors (Lipinski definition) is 1. The number of benzene rings is 1. The highest BCUT2D eigenvalue weighted by atomic mass is 16.3. The lowest BCUT2D eigenvalue weighted by molar-refractivity contribution is 0.474. The van der Waals surface area contributed by atoms with E-state index in [0.29, 0.717) is 11.7 Å². The Kier molecular flexibility index (Phi) is 3.96. The molecule has 82 valence electrons. The highest BCUT2D eigenvalue weighted by Gasteiger charge is 2.11. The zero-order valence-electron chi connectivity index (χ0n) is 10.0. The molecule has 0 fully saturated rings. The van der Waals surface area contributed by atoms with Crippen LogP contribution in [-0.2, 0) is 0 Å². The van der Waals surface area contributed by atoms with Gasteiger partial charge >= 0.3 is 0 Å². The Labute approximate surface area is 92.5 Å². The molecule has 15 heavy (non-hydrogen) atoms. The summed E-state index contributed by atoms with van der Waals surface area (Å²) in [6.07, 6.45) is 5.33. The highest BCUT2D eigenvalue weighted by molar-refractivity contribution is 5.42. The Balaban J connectivity index is 3.02. The van der Waals surface area contributed by atoms with E-state index in [1.165, 1.54) is 16.7 Å². The van der Waals surface area contributed by atoms with Gasteiger partial charge in [0.15, 0.2) is 0 Å². The number of hydrogen-bond acceptors (Lipinski definition) is 1. The summed E-state index contributed by atoms with van der Waals surface area (Å²) in [6, 6.07) is 3.68. The third-order valence-electron chi connectivity index (χ3n) is 2.80. The Bertz CT molecular complexity index is 341. The monoisotopic (exact) mass is 204 g/mol. The van der Waals surface area contributed by atoms with E-state index in [2.05, 4.69) is 32.9 Å². The third kappa shape index (κ3) is 2.85. The van der Waals surface area contributed by atoms with Crippen molar-refractivity contribution in [3.63, 3.8) is 0 Å². The van der Waals surface area contributed by atoms with Crippen LogP contribution in [-0.4, -0.2) is 5.11 Å². The molecule has 1 aromatic rings. The lowest BCUT2D eigenvalue weighted by Crippen LogP contribution is -1.98. The second kappa shape index (κ2) is 5.01. The molecule has 0 spiro atoms. The van der Waals surface area contributed by atoms with Gasteiger partial charge in [0.25, 0.3) is 0 Å². The van der Waals surface area contributed by atoms with Crippen LogP contribution in [0.1, 0.15) is 42.9 Å². The summed E-state index contributed by atoms with van der Waals surface area (Å²) in [5, 5.41) is 9.46. The molecular weight excluding hydrogens is 184 g/mol. The van der Waals surface area contributed by atoms with Gasteiger partial charge in [-0.15, -0.1) is 0 Å². The molecular formula is C14H20O. The van der Waals surface area contributed by atoms with Crippen LogP contribution < -0.4 is 0 Å². The standard InChI is InChI=1S/C14H20O/c1-5-6-7-10(2)14-11(3)8-13(15)9-12(14)4/h5-6,8-10,15H,7H2,1-4H3/b6-5-. The third-order valence-corrected chi connectivity index (χ3v) is 2.80. The zero-order valence-corrected chi connectivity index (χ0v) is 10.0. The van der Waals surface area contributed by atoms with Gasteiger partial charge in [0.1, 0.15) is 5.75 Å². The van der Waals surface area contributed by atoms with E-state index >= 15 is 0 Å². The number of phenolic OH excluding ortho intramolecular Hbond substituents is 1. The Morgan fingerprint density at radius 1 is 1.27 bits per heavy atom. The van der Waals surface area contributed by atoms with Crippen molar-refractivity contribution >= 4 is 0 Å². The van der Waals surface area contributed by atoms with Crippen molar-refractivity contribution in [1.82, 2.24) is 0 Å². The normalized spacial score (nSPS) is 13.3. The van der Waals surface area contributed by atoms with E-state index in [4.69, 9.17) is 0 Å². The first kappa shape index (κ1) is 11.8. The molecule has 0 saturated carbocycles. The first-order chi connectivity index (χ1) is 7.06. The number of allylic oxidation sites excluding steroid dienone is 2. The van der Waals surface area contributed by atoms with Crippen molar-refractivity contribution in [1.29, 1.82) is 0 Å². The first-order valence-electron chi connectivity index (χ1n) is 5.47. The Morgan fingerprint density at radius 2 is 1.80 bits per heavy atom. The predicted octanol–water partition coefficient (Wildman–Crippen LogP) is 4.08. The molecule has 0 heterocycles. The quantitative estimate of drug-likeness (QED) is 0.735. The lowest BCUT2D eigenvalue weighted by atomic mass is 9.89. The van der Waals surface area contributed by atoms with E-state index in [1.54, 1.807) is 0 Å². The maximum absolute atomic E-state index is 9.46. The Morgan fingerprint density at radius 3 is 2.27 bits per heavy atom. The van der Waals surface area contributed by atoms with Gasteiger partial charge in [0, 0.05) is 0 Å². The van der Waals surface area contributed by atoms with Crippen LogP contribution in [0.4, 0.5) is 0 Å². The van der Waals surface area contributed by atoms with Crippen molar-refractivity contribution in [2.45, 2.75) is 40.0 Å². The van der Waals surface area contributed by atoms with E-state index in [-0.39, 0.29) is 0 Å². The second-order valence-electron chi connectivity index (χ2n) is 4.20. The minimum atomic E-state index is 0.368. The topological polar surface area (TPSA) is 20.2 Å². The van der Waals surface area contributed by atoms with Crippen LogP contribution >= 0.6 is 0 Å². The smallest absolute Gasteiger partial charge is 0.116 e. The molecule has 1 unspecified atom stereocenters. The van der Waals surface area contributed by atoms with Crippen molar-refractivity contribution < 1.29 is 5.11 Å². The summed E-state index contributed by atoms with van der Waals surface area (Å²) >= 11 is 0. The molecule has 1 heteroatoms. The van der Waals surface area contributed by atoms with Crippen molar-refractivity contribution in [3.8, 4) is 5.75 Å². The summed E-state index contributed by atoms with van der Waals surface area (Å²) in [4.78, 5) is 0. The SMILES string of the molecule is C/C=C\CC(C)c1c(C)cc(O)cc1C. The summed E-state index contributed by atoms with van der Waals surface area (Å²) in [6.45, 7) is 8.40. The lowest BCUT2D eigenvalue weighted by Gasteiger charge is -2.16. The van der Waals surface area contributed by atoms with Crippen molar-refractivity contribution in [2.75, 3.05) is 0 Å². The summed E-state index contributed by atoms with van der Waals surface area (Å²) in [5.74, 6) is 0.883. The Hall–Kier alpha value is -1.24. The fourth-order valence-electron chi connectivity index (χ4n) is 2.19. The van der Waals surface area contributed by atoms with E-state index in [0.717, 1.165) is 6.42 Å². The molecule has 0 aliphatic rings. The molecule has 0 aromatic heterocycles. The molecule has 0 aliphatic heterocycles. The average molecular weight is 204 g/mol. The second-order valence-corrected chi connectivity index (χ2v) is 4.20. The molecule has 0 radical (unpaired) electrons. The maximum Gasteiger partial charge on any atom is 0.116 e. The van der Waals surface area contributed by atoms with Crippen LogP contribution in [0.15, 0.2) is 24.3 Å². The van der Waals surface area contributed by atoms with Gasteiger partial charge < -0.3 is 5.11 Å². The van der Waals surface area contributed by atoms with Gasteiger partial charge in [-0.3, -0.25) is 0 Å². The number of phenols is 1. The average Bonchev–Trinajstić information content (AvgIpc) is 2.12. The zero-order chi connectivity index (χ0) is 11.4. The minimum Gasteiger partial charge on any atom is -0.508 e. The van der Waals surface area contributed by atoms with E-state index in [1.807, 2.05) is 19.1 Å². The number of aromatic hydroxyl groups is 1. The maximum atomic E-state index is 9.46. The molecule has 0 saturated heterocycles. The van der Waals surface area contributed by atoms with Crippen LogP contribution in [0.3, 0.4) is 0 Å². The molecule has 1 nitrogen and oxygen atoms in total.